The quantitative estimate of drug-likeness (QED) is 0.529. The third kappa shape index (κ3) is 8.49. The van der Waals surface area contributed by atoms with Crippen LogP contribution < -0.4 is 0 Å². The predicted octanol–water partition coefficient (Wildman–Crippen LogP) is 1.99. The molecule has 0 spiro atoms. The van der Waals surface area contributed by atoms with Gasteiger partial charge in [-0.2, -0.15) is 0 Å². The Morgan fingerprint density at radius 2 is 1.86 bits per heavy atom. The van der Waals surface area contributed by atoms with Crippen molar-refractivity contribution in [1.29, 1.82) is 0 Å². The van der Waals surface area contributed by atoms with Crippen molar-refractivity contribution in [2.24, 2.45) is 0 Å². The van der Waals surface area contributed by atoms with Crippen LogP contribution in [0, 0.1) is 11.8 Å². The highest BCUT2D eigenvalue weighted by Crippen LogP contribution is 2.08. The summed E-state index contributed by atoms with van der Waals surface area (Å²) in [7, 11) is 1.68. The van der Waals surface area contributed by atoms with Gasteiger partial charge >= 0.3 is 0 Å². The van der Waals surface area contributed by atoms with E-state index < -0.39 is 0 Å². The lowest BCUT2D eigenvalue weighted by molar-refractivity contribution is 0.0336. The van der Waals surface area contributed by atoms with Crippen molar-refractivity contribution in [1.82, 2.24) is 0 Å². The van der Waals surface area contributed by atoms with E-state index in [9.17, 15) is 0 Å². The third-order valence-electron chi connectivity index (χ3n) is 2.74. The summed E-state index contributed by atoms with van der Waals surface area (Å²) in [6.45, 7) is 3.17. The number of benzene rings is 1. The van der Waals surface area contributed by atoms with Crippen LogP contribution in [-0.4, -0.2) is 45.3 Å². The van der Waals surface area contributed by atoms with Gasteiger partial charge in [0.25, 0.3) is 0 Å². The molecule has 1 rings (SSSR count). The van der Waals surface area contributed by atoms with Crippen LogP contribution in [-0.2, 0) is 20.8 Å². The Morgan fingerprint density at radius 1 is 1.05 bits per heavy atom. The van der Waals surface area contributed by atoms with Gasteiger partial charge in [-0.1, -0.05) is 30.0 Å². The van der Waals surface area contributed by atoms with E-state index in [-0.39, 0.29) is 6.61 Å². The average molecular weight is 292 g/mol. The Balaban J connectivity index is 2.24. The van der Waals surface area contributed by atoms with Crippen LogP contribution >= 0.6 is 0 Å². The Kier molecular flexibility index (Phi) is 10.4. The molecular weight excluding hydrogens is 268 g/mol. The summed E-state index contributed by atoms with van der Waals surface area (Å²) in [4.78, 5) is 0. The van der Waals surface area contributed by atoms with Crippen molar-refractivity contribution in [2.75, 3.05) is 40.1 Å². The third-order valence-corrected chi connectivity index (χ3v) is 2.74. The van der Waals surface area contributed by atoms with E-state index in [1.165, 1.54) is 0 Å². The molecule has 0 aliphatic carbocycles. The molecular formula is C17H24O4. The molecule has 0 saturated heterocycles. The number of rotatable bonds is 10. The topological polar surface area (TPSA) is 47.9 Å². The summed E-state index contributed by atoms with van der Waals surface area (Å²) in [5, 5.41) is 8.74. The van der Waals surface area contributed by atoms with Crippen LogP contribution in [0.3, 0.4) is 0 Å². The first kappa shape index (κ1) is 17.7. The minimum atomic E-state index is 0.0894. The second kappa shape index (κ2) is 12.4. The van der Waals surface area contributed by atoms with Gasteiger partial charge in [0.1, 0.15) is 0 Å². The second-order valence-corrected chi connectivity index (χ2v) is 4.44. The molecule has 0 bridgehead atoms. The van der Waals surface area contributed by atoms with Crippen LogP contribution in [0.2, 0.25) is 0 Å². The number of hydrogen-bond donors (Lipinski definition) is 1. The lowest BCUT2D eigenvalue weighted by atomic mass is 10.1. The van der Waals surface area contributed by atoms with Crippen molar-refractivity contribution in [2.45, 2.75) is 19.4 Å². The number of methoxy groups -OCH3 is 1. The Bertz CT molecular complexity index is 434. The molecule has 1 aromatic rings. The fourth-order valence-electron chi connectivity index (χ4n) is 1.69. The molecule has 1 N–H and O–H groups in total. The van der Waals surface area contributed by atoms with Crippen molar-refractivity contribution in [3.8, 4) is 11.8 Å². The van der Waals surface area contributed by atoms with Gasteiger partial charge in [-0.05, 0) is 18.1 Å². The van der Waals surface area contributed by atoms with E-state index in [4.69, 9.17) is 19.3 Å². The van der Waals surface area contributed by atoms with Crippen LogP contribution in [0.4, 0.5) is 0 Å². The molecule has 116 valence electrons. The van der Waals surface area contributed by atoms with Gasteiger partial charge in [0.15, 0.2) is 0 Å². The van der Waals surface area contributed by atoms with Gasteiger partial charge in [-0.3, -0.25) is 0 Å². The Hall–Kier alpha value is -1.38. The fourth-order valence-corrected chi connectivity index (χ4v) is 1.69. The molecule has 0 aliphatic heterocycles. The van der Waals surface area contributed by atoms with Crippen molar-refractivity contribution in [3.05, 3.63) is 35.4 Å². The van der Waals surface area contributed by atoms with Gasteiger partial charge in [-0.15, -0.1) is 0 Å². The lowest BCUT2D eigenvalue weighted by Crippen LogP contribution is -2.07. The van der Waals surface area contributed by atoms with E-state index in [0.717, 1.165) is 24.2 Å². The molecule has 0 aliphatic rings. The van der Waals surface area contributed by atoms with E-state index in [1.807, 2.05) is 24.3 Å². The van der Waals surface area contributed by atoms with Gasteiger partial charge in [0.05, 0.1) is 26.4 Å². The fraction of sp³-hybridized carbons (Fsp3) is 0.529. The highest BCUT2D eigenvalue weighted by Gasteiger charge is 1.99. The predicted molar refractivity (Wildman–Crippen MR) is 82.0 cm³/mol. The van der Waals surface area contributed by atoms with Crippen LogP contribution in [0.15, 0.2) is 24.3 Å². The van der Waals surface area contributed by atoms with Gasteiger partial charge < -0.3 is 19.3 Å². The normalized spacial score (nSPS) is 10.2. The zero-order valence-corrected chi connectivity index (χ0v) is 12.6. The maximum Gasteiger partial charge on any atom is 0.0730 e. The summed E-state index contributed by atoms with van der Waals surface area (Å²) in [6.07, 6.45) is 1.39. The molecule has 0 radical (unpaired) electrons. The first-order valence-electron chi connectivity index (χ1n) is 7.20. The van der Waals surface area contributed by atoms with Gasteiger partial charge in [0, 0.05) is 32.3 Å². The minimum Gasteiger partial charge on any atom is -0.395 e. The first-order chi connectivity index (χ1) is 10.4. The molecule has 21 heavy (non-hydrogen) atoms. The molecule has 0 heterocycles. The molecule has 0 aromatic heterocycles. The molecule has 1 aromatic carbocycles. The van der Waals surface area contributed by atoms with Gasteiger partial charge in [-0.25, -0.2) is 0 Å². The average Bonchev–Trinajstić information content (AvgIpc) is 2.51. The molecule has 0 fully saturated rings. The standard InChI is InChI=1S/C17H24O4/c1-19-11-6-12-20-13-14-21-15-17-9-3-2-7-16(17)8-4-5-10-18/h2-3,7,9,18H,5-6,10-15H2,1H3. The minimum absolute atomic E-state index is 0.0894. The largest absolute Gasteiger partial charge is 0.395 e. The summed E-state index contributed by atoms with van der Waals surface area (Å²) >= 11 is 0. The van der Waals surface area contributed by atoms with E-state index in [0.29, 0.717) is 32.8 Å². The van der Waals surface area contributed by atoms with Crippen LogP contribution in [0.1, 0.15) is 24.0 Å². The molecule has 0 amide bonds. The van der Waals surface area contributed by atoms with Gasteiger partial charge in [0.2, 0.25) is 0 Å². The summed E-state index contributed by atoms with van der Waals surface area (Å²) < 4.78 is 16.0. The van der Waals surface area contributed by atoms with Crippen molar-refractivity contribution >= 4 is 0 Å². The van der Waals surface area contributed by atoms with Crippen LogP contribution in [0.5, 0.6) is 0 Å². The number of ether oxygens (including phenoxy) is 3. The Labute approximate surface area is 127 Å². The van der Waals surface area contributed by atoms with Crippen molar-refractivity contribution < 1.29 is 19.3 Å². The number of aliphatic hydroxyl groups is 1. The SMILES string of the molecule is COCCCOCCOCc1ccccc1C#CCCO. The zero-order chi connectivity index (χ0) is 15.2. The maximum absolute atomic E-state index is 8.74. The van der Waals surface area contributed by atoms with E-state index >= 15 is 0 Å². The number of aliphatic hydroxyl groups excluding tert-OH is 1. The zero-order valence-electron chi connectivity index (χ0n) is 12.6. The number of hydrogen-bond acceptors (Lipinski definition) is 4. The van der Waals surface area contributed by atoms with E-state index in [1.54, 1.807) is 7.11 Å². The molecule has 4 nitrogen and oxygen atoms in total. The molecule has 0 saturated carbocycles. The smallest absolute Gasteiger partial charge is 0.0730 e. The monoisotopic (exact) mass is 292 g/mol. The van der Waals surface area contributed by atoms with Crippen LogP contribution in [0.25, 0.3) is 0 Å². The maximum atomic E-state index is 8.74. The second-order valence-electron chi connectivity index (χ2n) is 4.44. The first-order valence-corrected chi connectivity index (χ1v) is 7.20. The highest BCUT2D eigenvalue weighted by molar-refractivity contribution is 5.40. The van der Waals surface area contributed by atoms with E-state index in [2.05, 4.69) is 11.8 Å². The molecule has 4 heteroatoms. The summed E-state index contributed by atoms with van der Waals surface area (Å²) in [5.41, 5.74) is 2.01. The molecule has 0 atom stereocenters. The summed E-state index contributed by atoms with van der Waals surface area (Å²) in [5.74, 6) is 5.98. The highest BCUT2D eigenvalue weighted by atomic mass is 16.5. The molecule has 0 unspecified atom stereocenters. The van der Waals surface area contributed by atoms with Crippen molar-refractivity contribution in [3.63, 3.8) is 0 Å². The lowest BCUT2D eigenvalue weighted by Gasteiger charge is -2.07. The summed E-state index contributed by atoms with van der Waals surface area (Å²) in [6, 6.07) is 7.88. The Morgan fingerprint density at radius 3 is 2.67 bits per heavy atom.